The molecule has 4 aliphatic carbocycles. The van der Waals surface area contributed by atoms with Crippen LogP contribution in [0.25, 0.3) is 0 Å². The number of aliphatic hydroxyl groups excluding tert-OH is 4. The number of carbonyl (C=O) groups is 5. The molecule has 5 saturated heterocycles. The summed E-state index contributed by atoms with van der Waals surface area (Å²) in [6, 6.07) is -1.12. The van der Waals surface area contributed by atoms with E-state index in [1.807, 2.05) is 32.9 Å². The number of hydrogen-bond donors (Lipinski definition) is 5. The maximum Gasteiger partial charge on any atom is 0.407 e. The number of nitrogens with one attached hydrogen (secondary N) is 1. The second-order valence-corrected chi connectivity index (χ2v) is 26.5. The fraction of sp³-hybridized carbons (Fsp3) is 0.734. The van der Waals surface area contributed by atoms with Gasteiger partial charge in [-0.1, -0.05) is 62.8 Å². The van der Waals surface area contributed by atoms with Gasteiger partial charge in [0.25, 0.3) is 0 Å². The first kappa shape index (κ1) is 67.2. The first-order chi connectivity index (χ1) is 41.4. The molecule has 0 radical (unpaired) electrons. The van der Waals surface area contributed by atoms with Crippen LogP contribution >= 0.6 is 0 Å². The molecule has 0 aromatic heterocycles. The molecule has 9 rings (SSSR count). The predicted octanol–water partition coefficient (Wildman–Crippen LogP) is 6.40. The smallest absolute Gasteiger partial charge is 0.407 e. The highest BCUT2D eigenvalue weighted by Gasteiger charge is 2.65. The molecule has 5 aliphatic heterocycles. The van der Waals surface area contributed by atoms with Crippen molar-refractivity contribution in [3.63, 3.8) is 0 Å². The highest BCUT2D eigenvalue weighted by molar-refractivity contribution is 6.26. The standard InChI is InChI=1S/C64H90N2O22/c1-29-14-19-45(84-51-28-62(11,66(76)77)57(37(9)82-51)65-61(75)78-13)30(2)23-42-43(69)24-39(16-15-33(5)67)27-64(42)59(73)52(60(74)88-64)58(72)63(12)41(29)18-17-40-53(63)31(3)22-32(4)55(40)87-50-26-47(56(36(8)81-50)83-38(10)68)86-48-21-20-46(34(6)79-48)85-49-25-44(70)54(71)35(7)80-49/h14-18,23-24,31-32,34-37,40-51,53-57,69-72H,19-22,25-28H2,1-13H3,(H,65,75). The van der Waals surface area contributed by atoms with Crippen molar-refractivity contribution < 1.29 is 101 Å². The number of esters is 2. The van der Waals surface area contributed by atoms with Crippen molar-refractivity contribution in [2.75, 3.05) is 7.11 Å². The Balaban J connectivity index is 1.05. The van der Waals surface area contributed by atoms with Crippen LogP contribution in [-0.2, 0) is 71.3 Å². The molecule has 5 N–H and O–H groups in total. The van der Waals surface area contributed by atoms with Gasteiger partial charge in [-0.2, -0.15) is 0 Å². The molecular weight excluding hydrogens is 1150 g/mol. The van der Waals surface area contributed by atoms with E-state index in [2.05, 4.69) is 25.2 Å². The average Bonchev–Trinajstić information content (AvgIpc) is 1.35. The Morgan fingerprint density at radius 1 is 0.784 bits per heavy atom. The Kier molecular flexibility index (Phi) is 20.2. The second-order valence-electron chi connectivity index (χ2n) is 26.5. The lowest BCUT2D eigenvalue weighted by Gasteiger charge is -2.56. The third-order valence-electron chi connectivity index (χ3n) is 20.2. The van der Waals surface area contributed by atoms with Crippen LogP contribution in [0.1, 0.15) is 134 Å². The number of nitrogens with zero attached hydrogens (tertiary/aromatic N) is 1. The first-order valence-corrected chi connectivity index (χ1v) is 31.0. The van der Waals surface area contributed by atoms with Crippen molar-refractivity contribution in [3.05, 3.63) is 80.7 Å². The van der Waals surface area contributed by atoms with Crippen LogP contribution in [0.15, 0.2) is 70.6 Å². The van der Waals surface area contributed by atoms with E-state index in [1.54, 1.807) is 33.8 Å². The third kappa shape index (κ3) is 13.1. The van der Waals surface area contributed by atoms with E-state index in [4.69, 9.17) is 52.1 Å². The summed E-state index contributed by atoms with van der Waals surface area (Å²) in [5.74, 6) is -6.57. The minimum absolute atomic E-state index is 0.0964. The van der Waals surface area contributed by atoms with Crippen LogP contribution in [0.5, 0.6) is 0 Å². The van der Waals surface area contributed by atoms with Crippen molar-refractivity contribution in [3.8, 4) is 0 Å². The zero-order chi connectivity index (χ0) is 64.2. The van der Waals surface area contributed by atoms with Crippen molar-refractivity contribution in [2.45, 2.75) is 250 Å². The molecule has 1 spiro atoms. The molecule has 0 aromatic carbocycles. The molecule has 26 atom stereocenters. The summed E-state index contributed by atoms with van der Waals surface area (Å²) in [7, 11) is 1.15. The topological polar surface area (TPSA) is 323 Å². The third-order valence-corrected chi connectivity index (χ3v) is 20.2. The fourth-order valence-corrected chi connectivity index (χ4v) is 15.8. The maximum absolute atomic E-state index is 15.8. The Morgan fingerprint density at radius 3 is 2.11 bits per heavy atom. The molecular formula is C64H90N2O22. The Labute approximate surface area is 513 Å². The van der Waals surface area contributed by atoms with Crippen molar-refractivity contribution in [1.29, 1.82) is 0 Å². The quantitative estimate of drug-likeness (QED) is 0.0253. The van der Waals surface area contributed by atoms with E-state index in [1.165, 1.54) is 39.0 Å². The van der Waals surface area contributed by atoms with E-state index < -0.39 is 185 Å². The zero-order valence-electron chi connectivity index (χ0n) is 52.6. The molecule has 26 unspecified atom stereocenters. The van der Waals surface area contributed by atoms with Crippen molar-refractivity contribution >= 4 is 29.6 Å². The van der Waals surface area contributed by atoms with E-state index in [9.17, 15) is 49.7 Å². The summed E-state index contributed by atoms with van der Waals surface area (Å²) < 4.78 is 68.9. The normalized spacial score (nSPS) is 44.7. The van der Waals surface area contributed by atoms with Gasteiger partial charge >= 0.3 is 18.0 Å². The predicted molar refractivity (Wildman–Crippen MR) is 311 cm³/mol. The second kappa shape index (κ2) is 26.5. The maximum atomic E-state index is 15.8. The Morgan fingerprint density at radius 2 is 1.45 bits per heavy atom. The van der Waals surface area contributed by atoms with Gasteiger partial charge in [0.2, 0.25) is 11.3 Å². The summed E-state index contributed by atoms with van der Waals surface area (Å²) in [4.78, 5) is 80.4. The number of alkyl carbamates (subject to hydrolysis) is 1. The van der Waals surface area contributed by atoms with Gasteiger partial charge in [0.15, 0.2) is 42.6 Å². The molecule has 2 bridgehead atoms. The summed E-state index contributed by atoms with van der Waals surface area (Å²) >= 11 is 0. The lowest BCUT2D eigenvalue weighted by atomic mass is 9.49. The number of aliphatic hydroxyl groups is 4. The molecule has 6 fully saturated rings. The molecule has 0 aromatic rings. The highest BCUT2D eigenvalue weighted by atomic mass is 16.7. The molecule has 1 saturated carbocycles. The van der Waals surface area contributed by atoms with Gasteiger partial charge in [0.1, 0.15) is 29.6 Å². The molecule has 1 amide bonds. The highest BCUT2D eigenvalue weighted by Crippen LogP contribution is 2.61. The van der Waals surface area contributed by atoms with Gasteiger partial charge in [0, 0.05) is 61.7 Å². The zero-order valence-corrected chi connectivity index (χ0v) is 52.6. The summed E-state index contributed by atoms with van der Waals surface area (Å²) in [6.45, 7) is 20.5. The number of ketones is 2. The van der Waals surface area contributed by atoms with E-state index in [0.29, 0.717) is 30.4 Å². The van der Waals surface area contributed by atoms with Crippen LogP contribution in [0, 0.1) is 51.0 Å². The summed E-state index contributed by atoms with van der Waals surface area (Å²) in [5, 5.41) is 61.6. The number of rotatable bonds is 13. The van der Waals surface area contributed by atoms with Crippen LogP contribution in [0.4, 0.5) is 4.79 Å². The number of allylic oxidation sites excluding steroid dienone is 5. The number of ether oxygens (including phenoxy) is 11. The first-order valence-electron chi connectivity index (χ1n) is 31.0. The summed E-state index contributed by atoms with van der Waals surface area (Å²) in [6.07, 6.45) is -1.34. The van der Waals surface area contributed by atoms with Gasteiger partial charge in [-0.25, -0.2) is 9.59 Å². The lowest BCUT2D eigenvalue weighted by Crippen LogP contribution is -2.65. The minimum atomic E-state index is -2.14. The Bertz CT molecular complexity index is 2850. The van der Waals surface area contributed by atoms with Gasteiger partial charge in [-0.05, 0) is 103 Å². The summed E-state index contributed by atoms with van der Waals surface area (Å²) in [5.41, 5.74) is -4.43. The van der Waals surface area contributed by atoms with Crippen molar-refractivity contribution in [2.24, 2.45) is 40.9 Å². The number of hydrogen-bond acceptors (Lipinski definition) is 22. The van der Waals surface area contributed by atoms with Crippen LogP contribution in [-0.4, -0.2) is 178 Å². The van der Waals surface area contributed by atoms with Gasteiger partial charge in [-0.15, -0.1) is 0 Å². The largest absolute Gasteiger partial charge is 0.511 e. The van der Waals surface area contributed by atoms with E-state index >= 15 is 4.79 Å². The number of Topliss-reactive ketones (excluding diaryl/α,β-unsaturated/α-hetero) is 1. The van der Waals surface area contributed by atoms with E-state index in [0.717, 1.165) is 12.7 Å². The van der Waals surface area contributed by atoms with Gasteiger partial charge in [0.05, 0.1) is 74.4 Å². The minimum Gasteiger partial charge on any atom is -0.511 e. The number of fused-ring (bicyclic) bond motifs is 4. The van der Waals surface area contributed by atoms with Crippen LogP contribution < -0.4 is 5.32 Å². The molecule has 5 heterocycles. The molecule has 24 heteroatoms. The average molecular weight is 1240 g/mol. The number of nitro groups is 1. The van der Waals surface area contributed by atoms with Crippen molar-refractivity contribution in [1.82, 2.24) is 5.32 Å². The van der Waals surface area contributed by atoms with E-state index in [-0.39, 0.29) is 49.7 Å². The van der Waals surface area contributed by atoms with Gasteiger partial charge in [-0.3, -0.25) is 24.5 Å². The molecule has 9 aliphatic rings. The van der Waals surface area contributed by atoms with Crippen LogP contribution in [0.3, 0.4) is 0 Å². The van der Waals surface area contributed by atoms with Crippen LogP contribution in [0.2, 0.25) is 0 Å². The Hall–Kier alpha value is -5.25. The van der Waals surface area contributed by atoms with Gasteiger partial charge < -0.3 is 77.8 Å². The fourth-order valence-electron chi connectivity index (χ4n) is 15.8. The number of carbonyl (C=O) groups excluding carboxylic acids is 5. The lowest BCUT2D eigenvalue weighted by molar-refractivity contribution is -0.584. The monoisotopic (exact) mass is 1240 g/mol. The molecule has 88 heavy (non-hydrogen) atoms. The SMILES string of the molecule is COC(=O)NC1C(C)OC(OC2CC=C(C)C3C=CC4C(OC5CC(OC6CCC(OC7CC(O)C(O)C(C)O7)C(C)O6)C(OC(C)=O)C(C)O5)C(C)CC(C)C4C3(C)C(O)=C3C(=O)OC4(CC(C=CC(C)=O)=CC(O)C4C=C2C)C3=O)CC1(C)[N+](=O)[O-]. The number of methoxy groups -OCH3 is 1. The molecule has 24 nitrogen and oxygen atoms in total. The number of amides is 1. The molecule has 488 valence electrons.